The van der Waals surface area contributed by atoms with Gasteiger partial charge in [-0.1, -0.05) is 12.1 Å². The van der Waals surface area contributed by atoms with Crippen LogP contribution in [0.15, 0.2) is 10.7 Å². The number of hydrogen-bond donors (Lipinski definition) is 1. The number of aryl methyl sites for hydroxylation is 3. The number of imidazole rings is 1. The van der Waals surface area contributed by atoms with Crippen LogP contribution in [0, 0.1) is 6.92 Å². The summed E-state index contributed by atoms with van der Waals surface area (Å²) in [5, 5.41) is 3.84. The van der Waals surface area contributed by atoms with Gasteiger partial charge in [0.15, 0.2) is 5.82 Å². The van der Waals surface area contributed by atoms with Gasteiger partial charge in [0.1, 0.15) is 5.82 Å². The molecule has 0 unspecified atom stereocenters. The average Bonchev–Trinajstić information content (AvgIpc) is 3.24. The Bertz CT molecular complexity index is 648. The van der Waals surface area contributed by atoms with Gasteiger partial charge in [0.25, 0.3) is 0 Å². The van der Waals surface area contributed by atoms with Crippen molar-refractivity contribution in [1.82, 2.24) is 25.0 Å². The van der Waals surface area contributed by atoms with Gasteiger partial charge in [-0.3, -0.25) is 4.79 Å². The third-order valence-corrected chi connectivity index (χ3v) is 4.03. The van der Waals surface area contributed by atoms with E-state index in [0.717, 1.165) is 37.4 Å². The van der Waals surface area contributed by atoms with E-state index in [4.69, 9.17) is 4.52 Å². The van der Waals surface area contributed by atoms with E-state index < -0.39 is 0 Å². The second-order valence-electron chi connectivity index (χ2n) is 5.73. The Hall–Kier alpha value is -2.18. The van der Waals surface area contributed by atoms with E-state index in [9.17, 15) is 4.79 Å². The number of hydrogen-bond acceptors (Lipinski definition) is 5. The predicted molar refractivity (Wildman–Crippen MR) is 79.3 cm³/mol. The summed E-state index contributed by atoms with van der Waals surface area (Å²) in [5.41, 5.74) is 1.06. The molecular formula is C15H21N5O2. The Morgan fingerprint density at radius 2 is 2.41 bits per heavy atom. The predicted octanol–water partition coefficient (Wildman–Crippen LogP) is 1.61. The third-order valence-electron chi connectivity index (χ3n) is 4.03. The van der Waals surface area contributed by atoms with Crippen LogP contribution in [0.1, 0.15) is 48.9 Å². The second kappa shape index (κ2) is 6.29. The van der Waals surface area contributed by atoms with Crippen LogP contribution in [0.25, 0.3) is 0 Å². The summed E-state index contributed by atoms with van der Waals surface area (Å²) in [7, 11) is 0. The van der Waals surface area contributed by atoms with Crippen molar-refractivity contribution in [1.29, 1.82) is 0 Å². The maximum absolute atomic E-state index is 12.3. The molecule has 7 heteroatoms. The Balaban J connectivity index is 1.51. The number of rotatable bonds is 5. The minimum absolute atomic E-state index is 0.141. The lowest BCUT2D eigenvalue weighted by Crippen LogP contribution is -2.28. The van der Waals surface area contributed by atoms with Gasteiger partial charge in [-0.15, -0.1) is 0 Å². The lowest BCUT2D eigenvalue weighted by Gasteiger charge is -2.15. The molecule has 2 aromatic rings. The highest BCUT2D eigenvalue weighted by Crippen LogP contribution is 2.25. The number of carbonyl (C=O) groups is 1. The first kappa shape index (κ1) is 14.7. The van der Waals surface area contributed by atoms with E-state index in [1.54, 1.807) is 0 Å². The van der Waals surface area contributed by atoms with Crippen molar-refractivity contribution in [2.24, 2.45) is 0 Å². The lowest BCUT2D eigenvalue weighted by molar-refractivity contribution is -0.130. The van der Waals surface area contributed by atoms with Crippen LogP contribution in [0.3, 0.4) is 0 Å². The Morgan fingerprint density at radius 1 is 1.55 bits per heavy atom. The second-order valence-corrected chi connectivity index (χ2v) is 5.73. The zero-order valence-corrected chi connectivity index (χ0v) is 13.0. The number of likely N-dealkylation sites (tertiary alicyclic amines) is 1. The smallest absolute Gasteiger partial charge is 0.227 e. The van der Waals surface area contributed by atoms with Gasteiger partial charge in [0.2, 0.25) is 11.8 Å². The van der Waals surface area contributed by atoms with Crippen LogP contribution >= 0.6 is 0 Å². The van der Waals surface area contributed by atoms with Crippen molar-refractivity contribution >= 4 is 5.91 Å². The molecule has 0 aliphatic carbocycles. The summed E-state index contributed by atoms with van der Waals surface area (Å²) < 4.78 is 5.11. The minimum atomic E-state index is 0.141. The molecule has 0 bridgehead atoms. The summed E-state index contributed by atoms with van der Waals surface area (Å²) in [4.78, 5) is 26.0. The molecule has 0 spiro atoms. The Morgan fingerprint density at radius 3 is 3.09 bits per heavy atom. The number of aromatic nitrogens is 4. The molecule has 1 aliphatic rings. The van der Waals surface area contributed by atoms with Crippen LogP contribution in [0.2, 0.25) is 0 Å². The van der Waals surface area contributed by atoms with Crippen molar-refractivity contribution in [3.05, 3.63) is 29.4 Å². The molecule has 3 rings (SSSR count). The Labute approximate surface area is 129 Å². The molecule has 1 amide bonds. The maximum atomic E-state index is 12.3. The number of carbonyl (C=O) groups excluding carboxylic acids is 1. The van der Waals surface area contributed by atoms with E-state index in [-0.39, 0.29) is 5.91 Å². The van der Waals surface area contributed by atoms with Crippen molar-refractivity contribution < 1.29 is 9.32 Å². The fourth-order valence-electron chi connectivity index (χ4n) is 2.76. The van der Waals surface area contributed by atoms with E-state index in [1.807, 2.05) is 24.9 Å². The van der Waals surface area contributed by atoms with Crippen LogP contribution in [-0.4, -0.2) is 44.0 Å². The minimum Gasteiger partial charge on any atom is -0.346 e. The first-order valence-corrected chi connectivity index (χ1v) is 7.76. The highest BCUT2D eigenvalue weighted by atomic mass is 16.5. The van der Waals surface area contributed by atoms with Gasteiger partial charge in [-0.05, 0) is 13.3 Å². The van der Waals surface area contributed by atoms with Gasteiger partial charge >= 0.3 is 0 Å². The maximum Gasteiger partial charge on any atom is 0.227 e. The number of nitrogens with one attached hydrogen (secondary N) is 1. The monoisotopic (exact) mass is 303 g/mol. The normalized spacial score (nSPS) is 18.1. The SMILES string of the molecule is CCc1noc(CCC(=O)N2CC[C@@H](c3ncc(C)[nH]3)C2)n1. The van der Waals surface area contributed by atoms with Gasteiger partial charge in [-0.25, -0.2) is 4.98 Å². The van der Waals surface area contributed by atoms with Gasteiger partial charge in [0, 0.05) is 50.2 Å². The number of H-pyrrole nitrogens is 1. The summed E-state index contributed by atoms with van der Waals surface area (Å²) in [6.45, 7) is 5.48. The molecule has 22 heavy (non-hydrogen) atoms. The largest absolute Gasteiger partial charge is 0.346 e. The molecule has 0 aromatic carbocycles. The molecule has 2 aromatic heterocycles. The fraction of sp³-hybridized carbons (Fsp3) is 0.600. The quantitative estimate of drug-likeness (QED) is 0.906. The first-order chi connectivity index (χ1) is 10.7. The third kappa shape index (κ3) is 3.18. The molecule has 1 saturated heterocycles. The zero-order chi connectivity index (χ0) is 15.5. The molecular weight excluding hydrogens is 282 g/mol. The number of amides is 1. The molecule has 3 heterocycles. The van der Waals surface area contributed by atoms with Crippen molar-refractivity contribution in [3.63, 3.8) is 0 Å². The summed E-state index contributed by atoms with van der Waals surface area (Å²) in [6, 6.07) is 0. The fourth-order valence-corrected chi connectivity index (χ4v) is 2.76. The van der Waals surface area contributed by atoms with E-state index >= 15 is 0 Å². The van der Waals surface area contributed by atoms with Gasteiger partial charge in [0.05, 0.1) is 0 Å². The standard InChI is InChI=1S/C15H21N5O2/c1-3-12-18-13(22-19-12)4-5-14(21)20-7-6-11(9-20)15-16-8-10(2)17-15/h8,11H,3-7,9H2,1-2H3,(H,16,17)/t11-/m1/s1. The molecule has 7 nitrogen and oxygen atoms in total. The van der Waals surface area contributed by atoms with Crippen LogP contribution in [-0.2, 0) is 17.6 Å². The van der Waals surface area contributed by atoms with E-state index in [1.165, 1.54) is 0 Å². The van der Waals surface area contributed by atoms with Gasteiger partial charge < -0.3 is 14.4 Å². The van der Waals surface area contributed by atoms with E-state index in [2.05, 4.69) is 20.1 Å². The van der Waals surface area contributed by atoms with Crippen molar-refractivity contribution in [3.8, 4) is 0 Å². The van der Waals surface area contributed by atoms with Crippen LogP contribution in [0.5, 0.6) is 0 Å². The average molecular weight is 303 g/mol. The van der Waals surface area contributed by atoms with Crippen LogP contribution < -0.4 is 0 Å². The summed E-state index contributed by atoms with van der Waals surface area (Å²) in [5.74, 6) is 2.67. The molecule has 0 radical (unpaired) electrons. The van der Waals surface area contributed by atoms with Crippen molar-refractivity contribution in [2.45, 2.75) is 45.4 Å². The molecule has 118 valence electrons. The molecule has 1 atom stereocenters. The lowest BCUT2D eigenvalue weighted by atomic mass is 10.1. The van der Waals surface area contributed by atoms with E-state index in [0.29, 0.717) is 30.5 Å². The van der Waals surface area contributed by atoms with Gasteiger partial charge in [-0.2, -0.15) is 4.98 Å². The highest BCUT2D eigenvalue weighted by molar-refractivity contribution is 5.76. The number of nitrogens with zero attached hydrogens (tertiary/aromatic N) is 4. The molecule has 1 N–H and O–H groups in total. The zero-order valence-electron chi connectivity index (χ0n) is 13.0. The first-order valence-electron chi connectivity index (χ1n) is 7.76. The molecule has 1 aliphatic heterocycles. The molecule has 0 saturated carbocycles. The Kier molecular flexibility index (Phi) is 4.22. The highest BCUT2D eigenvalue weighted by Gasteiger charge is 2.28. The summed E-state index contributed by atoms with van der Waals surface area (Å²) >= 11 is 0. The van der Waals surface area contributed by atoms with Crippen molar-refractivity contribution in [2.75, 3.05) is 13.1 Å². The summed E-state index contributed by atoms with van der Waals surface area (Å²) in [6.07, 6.45) is 4.45. The molecule has 1 fully saturated rings. The van der Waals surface area contributed by atoms with Crippen LogP contribution in [0.4, 0.5) is 0 Å². The number of aromatic amines is 1. The topological polar surface area (TPSA) is 87.9 Å².